The number of carbonyl (C=O) groups excluding carboxylic acids is 2. The molecule has 27 heavy (non-hydrogen) atoms. The lowest BCUT2D eigenvalue weighted by Gasteiger charge is -2.09. The second-order valence-electron chi connectivity index (χ2n) is 6.27. The molecule has 136 valence electrons. The normalized spacial score (nSPS) is 15.4. The number of aromatic nitrogens is 3. The summed E-state index contributed by atoms with van der Waals surface area (Å²) < 4.78 is 1.65. The van der Waals surface area contributed by atoms with Gasteiger partial charge in [-0.2, -0.15) is 0 Å². The van der Waals surface area contributed by atoms with Crippen LogP contribution in [0.1, 0.15) is 23.3 Å². The number of pyridine rings is 1. The summed E-state index contributed by atoms with van der Waals surface area (Å²) in [5.74, 6) is 0.345. The highest BCUT2D eigenvalue weighted by atomic mass is 32.1. The van der Waals surface area contributed by atoms with Gasteiger partial charge in [0, 0.05) is 18.0 Å². The molecule has 8 heteroatoms. The Morgan fingerprint density at radius 1 is 1.22 bits per heavy atom. The van der Waals surface area contributed by atoms with E-state index in [1.165, 1.54) is 4.57 Å². The van der Waals surface area contributed by atoms with Gasteiger partial charge < -0.3 is 10.6 Å². The first kappa shape index (κ1) is 17.3. The average molecular weight is 379 g/mol. The van der Waals surface area contributed by atoms with Crippen molar-refractivity contribution in [1.82, 2.24) is 19.9 Å². The molecule has 0 fully saturated rings. The molecule has 3 aromatic rings. The average Bonchev–Trinajstić information content (AvgIpc) is 3.03. The highest BCUT2D eigenvalue weighted by molar-refractivity contribution is 7.71. The Bertz CT molecular complexity index is 1080. The highest BCUT2D eigenvalue weighted by Crippen LogP contribution is 2.28. The van der Waals surface area contributed by atoms with Crippen molar-refractivity contribution in [2.24, 2.45) is 0 Å². The number of fused-ring (bicyclic) bond motifs is 3. The largest absolute Gasteiger partial charge is 0.359 e. The Kier molecular flexibility index (Phi) is 4.64. The third-order valence-corrected chi connectivity index (χ3v) is 4.75. The summed E-state index contributed by atoms with van der Waals surface area (Å²) in [6.45, 7) is 0.367. The number of hydrogen-bond acceptors (Lipinski definition) is 6. The summed E-state index contributed by atoms with van der Waals surface area (Å²) in [5, 5.41) is 6.87. The fraction of sp³-hybridized carbons (Fsp3) is 0.211. The lowest BCUT2D eigenvalue weighted by Crippen LogP contribution is -2.29. The molecular formula is C19H17N5O2S. The number of nitrogens with zero attached hydrogens (tertiary/aromatic N) is 3. The summed E-state index contributed by atoms with van der Waals surface area (Å²) in [6.07, 6.45) is 2.28. The Morgan fingerprint density at radius 3 is 2.85 bits per heavy atom. The van der Waals surface area contributed by atoms with Gasteiger partial charge in [0.05, 0.1) is 17.8 Å². The van der Waals surface area contributed by atoms with E-state index in [0.29, 0.717) is 18.8 Å². The maximum absolute atomic E-state index is 12.7. The molecule has 0 bridgehead atoms. The Morgan fingerprint density at radius 2 is 2.04 bits per heavy atom. The first-order valence-electron chi connectivity index (χ1n) is 8.62. The topological polar surface area (TPSA) is 88.9 Å². The zero-order chi connectivity index (χ0) is 18.8. The van der Waals surface area contributed by atoms with Crippen molar-refractivity contribution in [1.29, 1.82) is 0 Å². The van der Waals surface area contributed by atoms with Gasteiger partial charge in [0.25, 0.3) is 5.91 Å². The van der Waals surface area contributed by atoms with E-state index in [1.54, 1.807) is 6.20 Å². The molecular weight excluding hydrogens is 362 g/mol. The van der Waals surface area contributed by atoms with Crippen LogP contribution in [0.4, 0.5) is 5.82 Å². The van der Waals surface area contributed by atoms with Gasteiger partial charge in [0.15, 0.2) is 0 Å². The molecule has 4 rings (SSSR count). The molecule has 0 radical (unpaired) electrons. The molecule has 3 heterocycles. The maximum Gasteiger partial charge on any atom is 0.257 e. The van der Waals surface area contributed by atoms with Crippen LogP contribution in [0.2, 0.25) is 0 Å². The number of carbonyl (C=O) groups is 2. The molecule has 2 N–H and O–H groups in total. The minimum absolute atomic E-state index is 0.127. The number of benzene rings is 1. The third kappa shape index (κ3) is 3.43. The van der Waals surface area contributed by atoms with E-state index in [9.17, 15) is 9.59 Å². The van der Waals surface area contributed by atoms with Crippen molar-refractivity contribution < 1.29 is 9.59 Å². The monoisotopic (exact) mass is 379 g/mol. The van der Waals surface area contributed by atoms with Crippen molar-refractivity contribution in [3.63, 3.8) is 0 Å². The van der Waals surface area contributed by atoms with Crippen LogP contribution >= 0.6 is 12.2 Å². The molecule has 0 saturated heterocycles. The van der Waals surface area contributed by atoms with E-state index in [2.05, 4.69) is 20.6 Å². The number of anilines is 1. The molecule has 7 nitrogen and oxygen atoms in total. The summed E-state index contributed by atoms with van der Waals surface area (Å²) in [4.78, 5) is 33.3. The van der Waals surface area contributed by atoms with Gasteiger partial charge >= 0.3 is 0 Å². The minimum Gasteiger partial charge on any atom is -0.359 e. The van der Waals surface area contributed by atoms with Gasteiger partial charge in [-0.1, -0.05) is 18.2 Å². The van der Waals surface area contributed by atoms with Gasteiger partial charge in [0.2, 0.25) is 10.7 Å². The molecule has 2 aromatic heterocycles. The standard InChI is InChI=1S/C19H17N5O2S/c25-16(21-11-12-5-3-4-10-20-12)9-8-15-18(26)24-17(22-15)13-6-1-2-7-14(13)23-19(24)27/h1-7,10,15,22H,8-9,11H2,(H,21,25)/t15-/m0/s1. The van der Waals surface area contributed by atoms with E-state index in [4.69, 9.17) is 12.2 Å². The summed E-state index contributed by atoms with van der Waals surface area (Å²) in [7, 11) is 0. The predicted octanol–water partition coefficient (Wildman–Crippen LogP) is 2.69. The van der Waals surface area contributed by atoms with Crippen molar-refractivity contribution in [3.05, 3.63) is 59.1 Å². The van der Waals surface area contributed by atoms with Crippen molar-refractivity contribution in [3.8, 4) is 0 Å². The lowest BCUT2D eigenvalue weighted by molar-refractivity contribution is -0.121. The van der Waals surface area contributed by atoms with Crippen molar-refractivity contribution >= 4 is 40.8 Å². The van der Waals surface area contributed by atoms with E-state index in [1.807, 2.05) is 42.5 Å². The zero-order valence-corrected chi connectivity index (χ0v) is 15.2. The van der Waals surface area contributed by atoms with Crippen LogP contribution in [0.25, 0.3) is 10.9 Å². The Balaban J connectivity index is 1.43. The van der Waals surface area contributed by atoms with Crippen LogP contribution in [0, 0.1) is 4.77 Å². The third-order valence-electron chi connectivity index (χ3n) is 4.47. The lowest BCUT2D eigenvalue weighted by atomic mass is 10.1. The number of amides is 1. The molecule has 1 amide bonds. The van der Waals surface area contributed by atoms with Crippen LogP contribution in [0.3, 0.4) is 0 Å². The molecule has 0 unspecified atom stereocenters. The van der Waals surface area contributed by atoms with Gasteiger partial charge in [0.1, 0.15) is 11.9 Å². The van der Waals surface area contributed by atoms with Crippen LogP contribution in [-0.4, -0.2) is 32.4 Å². The molecule has 1 aliphatic heterocycles. The minimum atomic E-state index is -0.500. The zero-order valence-electron chi connectivity index (χ0n) is 14.4. The summed E-state index contributed by atoms with van der Waals surface area (Å²) in [5.41, 5.74) is 1.53. The van der Waals surface area contributed by atoms with Gasteiger partial charge in [-0.15, -0.1) is 0 Å². The summed E-state index contributed by atoms with van der Waals surface area (Å²) in [6, 6.07) is 12.6. The quantitative estimate of drug-likeness (QED) is 0.663. The van der Waals surface area contributed by atoms with Crippen LogP contribution < -0.4 is 10.6 Å². The van der Waals surface area contributed by atoms with Crippen LogP contribution in [-0.2, 0) is 11.3 Å². The predicted molar refractivity (Wildman–Crippen MR) is 104 cm³/mol. The molecule has 1 aliphatic rings. The molecule has 0 saturated carbocycles. The fourth-order valence-corrected chi connectivity index (χ4v) is 3.40. The Hall–Kier alpha value is -3.13. The van der Waals surface area contributed by atoms with Crippen molar-refractivity contribution in [2.75, 3.05) is 5.32 Å². The number of rotatable bonds is 5. The summed E-state index contributed by atoms with van der Waals surface area (Å²) >= 11 is 5.27. The first-order chi connectivity index (χ1) is 13.1. The molecule has 0 spiro atoms. The number of hydrogen-bond donors (Lipinski definition) is 2. The maximum atomic E-state index is 12.7. The molecule has 1 aromatic carbocycles. The Labute approximate surface area is 160 Å². The van der Waals surface area contributed by atoms with Gasteiger partial charge in [-0.25, -0.2) is 9.55 Å². The highest BCUT2D eigenvalue weighted by Gasteiger charge is 2.31. The number of para-hydroxylation sites is 1. The second-order valence-corrected chi connectivity index (χ2v) is 6.63. The van der Waals surface area contributed by atoms with Crippen molar-refractivity contribution in [2.45, 2.75) is 25.4 Å². The first-order valence-corrected chi connectivity index (χ1v) is 9.03. The van der Waals surface area contributed by atoms with Crippen LogP contribution in [0.15, 0.2) is 48.7 Å². The van der Waals surface area contributed by atoms with Gasteiger partial charge in [-0.05, 0) is 42.9 Å². The second kappa shape index (κ2) is 7.24. The van der Waals surface area contributed by atoms with Crippen LogP contribution in [0.5, 0.6) is 0 Å². The smallest absolute Gasteiger partial charge is 0.257 e. The van der Waals surface area contributed by atoms with Gasteiger partial charge in [-0.3, -0.25) is 14.6 Å². The van der Waals surface area contributed by atoms with E-state index >= 15 is 0 Å². The van der Waals surface area contributed by atoms with E-state index in [0.717, 1.165) is 16.6 Å². The molecule has 1 atom stereocenters. The SMILES string of the molecule is O=C(CC[C@@H]1Nc2c3ccccc3nc(=S)n2C1=O)NCc1ccccn1. The molecule has 0 aliphatic carbocycles. The fourth-order valence-electron chi connectivity index (χ4n) is 3.12. The number of nitrogens with one attached hydrogen (secondary N) is 2. The van der Waals surface area contributed by atoms with E-state index < -0.39 is 6.04 Å². The van der Waals surface area contributed by atoms with E-state index in [-0.39, 0.29) is 23.0 Å².